The second kappa shape index (κ2) is 11.0. The van der Waals surface area contributed by atoms with Crippen molar-refractivity contribution >= 4 is 21.9 Å². The smallest absolute Gasteiger partial charge is 0.862 e. The van der Waals surface area contributed by atoms with Gasteiger partial charge in [-0.15, -0.1) is 0 Å². The first-order valence-electron chi connectivity index (χ1n) is 2.69. The molecule has 0 aromatic rings. The molecule has 0 fully saturated rings. The van der Waals surface area contributed by atoms with E-state index in [9.17, 15) is 23.2 Å². The zero-order valence-electron chi connectivity index (χ0n) is 8.73. The van der Waals surface area contributed by atoms with E-state index in [4.69, 9.17) is 10.8 Å². The maximum Gasteiger partial charge on any atom is 1.00 e. The summed E-state index contributed by atoms with van der Waals surface area (Å²) in [5.74, 6) is -3.02. The Bertz CT molecular complexity index is 305. The van der Waals surface area contributed by atoms with E-state index in [-0.39, 0.29) is 88.7 Å². The molecule has 15 heavy (non-hydrogen) atoms. The zero-order valence-corrected chi connectivity index (χ0v) is 15.6. The molecule has 0 aliphatic carbocycles. The van der Waals surface area contributed by atoms with E-state index in [1.165, 1.54) is 0 Å². The second-order valence-corrected chi connectivity index (χ2v) is 3.53. The molecule has 0 bridgehead atoms. The third kappa shape index (κ3) is 12.1. The van der Waals surface area contributed by atoms with Crippen molar-refractivity contribution in [1.29, 1.82) is 10.8 Å². The molecule has 0 spiro atoms. The van der Waals surface area contributed by atoms with Gasteiger partial charge in [-0.2, -0.15) is 0 Å². The van der Waals surface area contributed by atoms with Crippen LogP contribution < -0.4 is 98.9 Å². The molecule has 0 rings (SSSR count). The SMILES string of the molecule is N=C([O-])CC(C(=N)[O-])S(=O)(=O)[O-].[Na+].[Na+].[Na+]. The molecule has 70 valence electrons. The molecule has 1 atom stereocenters. The minimum Gasteiger partial charge on any atom is -0.862 e. The summed E-state index contributed by atoms with van der Waals surface area (Å²) in [6.07, 6.45) is -1.05. The fourth-order valence-corrected chi connectivity index (χ4v) is 1.11. The predicted molar refractivity (Wildman–Crippen MR) is 33.6 cm³/mol. The van der Waals surface area contributed by atoms with Crippen LogP contribution in [0.1, 0.15) is 6.42 Å². The van der Waals surface area contributed by atoms with Gasteiger partial charge in [0.25, 0.3) is 0 Å². The van der Waals surface area contributed by atoms with Gasteiger partial charge in [0, 0.05) is 0 Å². The van der Waals surface area contributed by atoms with Crippen LogP contribution in [0.4, 0.5) is 0 Å². The van der Waals surface area contributed by atoms with Crippen molar-refractivity contribution in [3.63, 3.8) is 0 Å². The molecule has 0 saturated carbocycles. The average Bonchev–Trinajstić information content (AvgIpc) is 1.79. The van der Waals surface area contributed by atoms with E-state index < -0.39 is 33.6 Å². The molecule has 0 aromatic carbocycles. The van der Waals surface area contributed by atoms with Crippen molar-refractivity contribution < 1.29 is 112 Å². The van der Waals surface area contributed by atoms with Crippen molar-refractivity contribution in [1.82, 2.24) is 0 Å². The van der Waals surface area contributed by atoms with Crippen LogP contribution in [-0.2, 0) is 10.1 Å². The molecule has 2 N–H and O–H groups in total. The molecule has 0 aliphatic rings. The molecular formula is C4H5N2Na3O5S. The molecule has 1 unspecified atom stereocenters. The van der Waals surface area contributed by atoms with E-state index in [0.29, 0.717) is 0 Å². The Balaban J connectivity index is -0.000000202. The van der Waals surface area contributed by atoms with Crippen molar-refractivity contribution in [3.05, 3.63) is 0 Å². The van der Waals surface area contributed by atoms with Crippen LogP contribution in [-0.4, -0.2) is 30.0 Å². The summed E-state index contributed by atoms with van der Waals surface area (Å²) in [6, 6.07) is 0. The predicted octanol–water partition coefficient (Wildman–Crippen LogP) is -12.0. The van der Waals surface area contributed by atoms with E-state index in [2.05, 4.69) is 0 Å². The monoisotopic (exact) mass is 262 g/mol. The van der Waals surface area contributed by atoms with Crippen LogP contribution in [0.3, 0.4) is 0 Å². The summed E-state index contributed by atoms with van der Waals surface area (Å²) >= 11 is 0. The van der Waals surface area contributed by atoms with Crippen LogP contribution in [0.2, 0.25) is 0 Å². The van der Waals surface area contributed by atoms with Crippen molar-refractivity contribution in [3.8, 4) is 0 Å². The Morgan fingerprint density at radius 2 is 1.47 bits per heavy atom. The molecule has 7 nitrogen and oxygen atoms in total. The van der Waals surface area contributed by atoms with Gasteiger partial charge in [0.15, 0.2) is 0 Å². The van der Waals surface area contributed by atoms with Crippen LogP contribution in [0.5, 0.6) is 0 Å². The molecule has 0 heterocycles. The minimum absolute atomic E-state index is 0. The van der Waals surface area contributed by atoms with Crippen LogP contribution in [0.25, 0.3) is 0 Å². The van der Waals surface area contributed by atoms with Gasteiger partial charge in [-0.1, -0.05) is 0 Å². The second-order valence-electron chi connectivity index (χ2n) is 1.97. The molecule has 0 aliphatic heterocycles. The first kappa shape index (κ1) is 25.6. The maximum absolute atomic E-state index is 10.2. The molecule has 0 saturated heterocycles. The first-order valence-corrected chi connectivity index (χ1v) is 4.17. The normalized spacial score (nSPS) is 11.0. The van der Waals surface area contributed by atoms with E-state index in [1.807, 2.05) is 0 Å². The maximum atomic E-state index is 10.2. The van der Waals surface area contributed by atoms with Crippen molar-refractivity contribution in [2.45, 2.75) is 11.7 Å². The van der Waals surface area contributed by atoms with Crippen LogP contribution >= 0.6 is 0 Å². The largest absolute Gasteiger partial charge is 1.00 e. The molecule has 0 aromatic heterocycles. The van der Waals surface area contributed by atoms with Gasteiger partial charge >= 0.3 is 88.7 Å². The molecule has 0 amide bonds. The van der Waals surface area contributed by atoms with Crippen LogP contribution in [0, 0.1) is 10.8 Å². The Labute approximate surface area is 154 Å². The van der Waals surface area contributed by atoms with E-state index in [1.54, 1.807) is 0 Å². The summed E-state index contributed by atoms with van der Waals surface area (Å²) in [5, 5.41) is 30.6. The fraction of sp³-hybridized carbons (Fsp3) is 0.500. The summed E-state index contributed by atoms with van der Waals surface area (Å²) in [5.41, 5.74) is 0. The van der Waals surface area contributed by atoms with Gasteiger partial charge in [-0.3, -0.25) is 0 Å². The quantitative estimate of drug-likeness (QED) is 0.223. The molecule has 11 heteroatoms. The number of hydrogen-bond donors (Lipinski definition) is 2. The number of hydrogen-bond acceptors (Lipinski definition) is 7. The van der Waals surface area contributed by atoms with Gasteiger partial charge in [-0.25, -0.2) is 8.42 Å². The zero-order chi connectivity index (χ0) is 9.94. The van der Waals surface area contributed by atoms with Gasteiger partial charge in [0.1, 0.15) is 10.1 Å². The van der Waals surface area contributed by atoms with Gasteiger partial charge in [0.2, 0.25) is 0 Å². The van der Waals surface area contributed by atoms with Gasteiger partial charge in [-0.05, 0) is 18.2 Å². The minimum atomic E-state index is -4.99. The van der Waals surface area contributed by atoms with E-state index >= 15 is 0 Å². The number of nitrogens with one attached hydrogen (secondary N) is 2. The standard InChI is InChI=1S/C4H8N2O5S.3Na/c5-3(7)1-2(4(6)8)12(9,10)11;;;/h2H,1H2,(H2,5,7)(H2,6,8)(H,9,10,11);;;/q;3*+1/p-3. The van der Waals surface area contributed by atoms with Crippen molar-refractivity contribution in [2.75, 3.05) is 0 Å². The Morgan fingerprint density at radius 1 is 1.13 bits per heavy atom. The Hall–Kier alpha value is 1.85. The summed E-state index contributed by atoms with van der Waals surface area (Å²) in [6.45, 7) is 0. The number of rotatable bonds is 4. The van der Waals surface area contributed by atoms with Gasteiger partial charge < -0.3 is 25.6 Å². The summed E-state index contributed by atoms with van der Waals surface area (Å²) < 4.78 is 30.5. The van der Waals surface area contributed by atoms with Crippen molar-refractivity contribution in [2.24, 2.45) is 0 Å². The molecular weight excluding hydrogens is 257 g/mol. The summed E-state index contributed by atoms with van der Waals surface area (Å²) in [4.78, 5) is 0. The Kier molecular flexibility index (Phi) is 18.7. The topological polar surface area (TPSA) is 151 Å². The summed E-state index contributed by atoms with van der Waals surface area (Å²) in [7, 11) is -4.99. The van der Waals surface area contributed by atoms with Gasteiger partial charge in [0.05, 0.1) is 5.25 Å². The van der Waals surface area contributed by atoms with E-state index in [0.717, 1.165) is 0 Å². The first-order chi connectivity index (χ1) is 5.25. The third-order valence-electron chi connectivity index (χ3n) is 1.01. The third-order valence-corrected chi connectivity index (χ3v) is 2.09. The van der Waals surface area contributed by atoms with Crippen LogP contribution in [0.15, 0.2) is 0 Å². The molecule has 0 radical (unpaired) electrons. The Morgan fingerprint density at radius 3 is 1.53 bits per heavy atom. The average molecular weight is 262 g/mol. The fourth-order valence-electron chi connectivity index (χ4n) is 0.494.